The maximum absolute atomic E-state index is 5.64. The zero-order chi connectivity index (χ0) is 20.2. The van der Waals surface area contributed by atoms with E-state index < -0.39 is 0 Å². The summed E-state index contributed by atoms with van der Waals surface area (Å²) in [6.07, 6.45) is 0. The van der Waals surface area contributed by atoms with Gasteiger partial charge in [-0.25, -0.2) is 9.98 Å². The molecule has 162 valence electrons. The van der Waals surface area contributed by atoms with Gasteiger partial charge in [0.25, 0.3) is 0 Å². The molecule has 2 rings (SSSR count). The highest BCUT2D eigenvalue weighted by atomic mass is 127. The third kappa shape index (κ3) is 9.60. The summed E-state index contributed by atoms with van der Waals surface area (Å²) in [5, 5.41) is 6.50. The number of halogens is 1. The molecule has 0 bridgehead atoms. The molecule has 1 aromatic heterocycles. The summed E-state index contributed by atoms with van der Waals surface area (Å²) >= 11 is 0. The number of oxazole rings is 1. The molecule has 0 saturated carbocycles. The van der Waals surface area contributed by atoms with E-state index in [1.54, 1.807) is 0 Å². The number of guanidine groups is 1. The van der Waals surface area contributed by atoms with E-state index in [9.17, 15) is 0 Å². The Balaban J connectivity index is 0.00000420. The van der Waals surface area contributed by atoms with Gasteiger partial charge in [-0.15, -0.1) is 24.0 Å². The van der Waals surface area contributed by atoms with Gasteiger partial charge in [0.1, 0.15) is 5.76 Å². The Morgan fingerprint density at radius 2 is 1.86 bits per heavy atom. The molecule has 1 heterocycles. The van der Waals surface area contributed by atoms with Crippen LogP contribution in [0.15, 0.2) is 33.7 Å². The summed E-state index contributed by atoms with van der Waals surface area (Å²) in [4.78, 5) is 9.04. The Hall–Kier alpha value is -1.65. The molecule has 0 spiro atoms. The van der Waals surface area contributed by atoms with Crippen molar-refractivity contribution >= 4 is 29.9 Å². The molecule has 2 aromatic rings. The number of ether oxygens (including phenoxy) is 2. The Bertz CT molecular complexity index is 730. The van der Waals surface area contributed by atoms with Crippen LogP contribution in [0.2, 0.25) is 0 Å². The average molecular weight is 516 g/mol. The number of aromatic nitrogens is 1. The number of aliphatic imine (C=N–C) groups is 1. The normalized spacial score (nSPS) is 11.2. The zero-order valence-corrected chi connectivity index (χ0v) is 20.1. The molecular formula is C21H33IN4O3. The van der Waals surface area contributed by atoms with Gasteiger partial charge in [0.05, 0.1) is 38.6 Å². The highest BCUT2D eigenvalue weighted by Gasteiger charge is 2.06. The third-order valence-electron chi connectivity index (χ3n) is 4.08. The Morgan fingerprint density at radius 1 is 1.10 bits per heavy atom. The van der Waals surface area contributed by atoms with E-state index in [-0.39, 0.29) is 24.0 Å². The number of hydrogen-bond acceptors (Lipinski definition) is 5. The van der Waals surface area contributed by atoms with Gasteiger partial charge in [0.15, 0.2) is 5.96 Å². The van der Waals surface area contributed by atoms with Gasteiger partial charge in [-0.1, -0.05) is 24.3 Å². The van der Waals surface area contributed by atoms with Crippen LogP contribution in [0.1, 0.15) is 42.3 Å². The van der Waals surface area contributed by atoms with E-state index in [2.05, 4.69) is 38.8 Å². The lowest BCUT2D eigenvalue weighted by molar-refractivity contribution is 0.0453. The van der Waals surface area contributed by atoms with Gasteiger partial charge in [0, 0.05) is 13.2 Å². The van der Waals surface area contributed by atoms with Crippen LogP contribution < -0.4 is 10.6 Å². The van der Waals surface area contributed by atoms with E-state index in [0.717, 1.165) is 35.1 Å². The van der Waals surface area contributed by atoms with Crippen LogP contribution in [0.3, 0.4) is 0 Å². The van der Waals surface area contributed by atoms with Gasteiger partial charge >= 0.3 is 0 Å². The zero-order valence-electron chi connectivity index (χ0n) is 17.8. The van der Waals surface area contributed by atoms with Gasteiger partial charge in [-0.2, -0.15) is 0 Å². The molecule has 0 aliphatic heterocycles. The van der Waals surface area contributed by atoms with E-state index >= 15 is 0 Å². The minimum absolute atomic E-state index is 0. The molecule has 0 radical (unpaired) electrons. The van der Waals surface area contributed by atoms with Gasteiger partial charge in [0.2, 0.25) is 5.89 Å². The van der Waals surface area contributed by atoms with E-state index in [1.165, 1.54) is 0 Å². The molecule has 1 aromatic carbocycles. The Labute approximate surface area is 190 Å². The number of aryl methyl sites for hydroxylation is 2. The molecule has 0 aliphatic carbocycles. The number of benzene rings is 1. The number of hydrogen-bond donors (Lipinski definition) is 2. The lowest BCUT2D eigenvalue weighted by Crippen LogP contribution is -2.36. The van der Waals surface area contributed by atoms with Crippen LogP contribution in [-0.2, 0) is 29.2 Å². The quantitative estimate of drug-likeness (QED) is 0.205. The molecule has 0 atom stereocenters. The lowest BCUT2D eigenvalue weighted by Gasteiger charge is -2.10. The second kappa shape index (κ2) is 14.4. The first kappa shape index (κ1) is 25.4. The van der Waals surface area contributed by atoms with Crippen molar-refractivity contribution in [2.24, 2.45) is 4.99 Å². The second-order valence-electron chi connectivity index (χ2n) is 6.37. The fourth-order valence-electron chi connectivity index (χ4n) is 2.56. The summed E-state index contributed by atoms with van der Waals surface area (Å²) in [6.45, 7) is 12.2. The van der Waals surface area contributed by atoms with Crippen LogP contribution in [0.5, 0.6) is 0 Å². The van der Waals surface area contributed by atoms with Crippen molar-refractivity contribution in [1.82, 2.24) is 15.6 Å². The molecule has 7 nitrogen and oxygen atoms in total. The maximum atomic E-state index is 5.64. The summed E-state index contributed by atoms with van der Waals surface area (Å²) in [5.41, 5.74) is 3.18. The van der Waals surface area contributed by atoms with Crippen LogP contribution in [0.4, 0.5) is 0 Å². The van der Waals surface area contributed by atoms with Crippen molar-refractivity contribution < 1.29 is 13.9 Å². The van der Waals surface area contributed by atoms with Gasteiger partial charge in [-0.3, -0.25) is 0 Å². The van der Waals surface area contributed by atoms with Crippen molar-refractivity contribution in [3.8, 4) is 0 Å². The fourth-order valence-corrected chi connectivity index (χ4v) is 2.56. The predicted molar refractivity (Wildman–Crippen MR) is 126 cm³/mol. The first-order valence-electron chi connectivity index (χ1n) is 9.80. The highest BCUT2D eigenvalue weighted by molar-refractivity contribution is 14.0. The minimum Gasteiger partial charge on any atom is -0.444 e. The first-order valence-corrected chi connectivity index (χ1v) is 9.80. The molecule has 8 heteroatoms. The molecule has 2 N–H and O–H groups in total. The fraction of sp³-hybridized carbons (Fsp3) is 0.524. The summed E-state index contributed by atoms with van der Waals surface area (Å²) in [5.74, 6) is 2.24. The molecule has 29 heavy (non-hydrogen) atoms. The van der Waals surface area contributed by atoms with Crippen LogP contribution in [0.25, 0.3) is 0 Å². The average Bonchev–Trinajstić information content (AvgIpc) is 3.02. The molecule has 0 amide bonds. The van der Waals surface area contributed by atoms with Crippen molar-refractivity contribution in [2.45, 2.75) is 47.4 Å². The van der Waals surface area contributed by atoms with Gasteiger partial charge < -0.3 is 24.5 Å². The number of rotatable bonds is 11. The lowest BCUT2D eigenvalue weighted by atomic mass is 10.1. The standard InChI is InChI=1S/C21H32N4O3.HI/c1-5-22-21(24-14-20-25-16(3)17(4)28-20)23-13-18-8-7-9-19(12-18)15-27-11-10-26-6-2;/h7-9,12H,5-6,10-11,13-15H2,1-4H3,(H2,22,23,24);1H. The summed E-state index contributed by atoms with van der Waals surface area (Å²) in [7, 11) is 0. The topological polar surface area (TPSA) is 80.9 Å². The predicted octanol–water partition coefficient (Wildman–Crippen LogP) is 3.72. The van der Waals surface area contributed by atoms with Crippen LogP contribution in [0, 0.1) is 13.8 Å². The second-order valence-corrected chi connectivity index (χ2v) is 6.37. The summed E-state index contributed by atoms with van der Waals surface area (Å²) < 4.78 is 16.5. The molecule has 0 unspecified atom stereocenters. The molecule has 0 saturated heterocycles. The summed E-state index contributed by atoms with van der Waals surface area (Å²) in [6, 6.07) is 8.28. The van der Waals surface area contributed by atoms with Crippen LogP contribution in [-0.4, -0.2) is 37.3 Å². The van der Waals surface area contributed by atoms with Crippen molar-refractivity contribution in [2.75, 3.05) is 26.4 Å². The number of nitrogens with one attached hydrogen (secondary N) is 2. The Morgan fingerprint density at radius 3 is 2.55 bits per heavy atom. The molecule has 0 aliphatic rings. The van der Waals surface area contributed by atoms with Crippen molar-refractivity contribution in [1.29, 1.82) is 0 Å². The molecule has 0 fully saturated rings. The smallest absolute Gasteiger partial charge is 0.214 e. The third-order valence-corrected chi connectivity index (χ3v) is 4.08. The van der Waals surface area contributed by atoms with E-state index in [1.807, 2.05) is 33.8 Å². The van der Waals surface area contributed by atoms with Gasteiger partial charge in [-0.05, 0) is 38.8 Å². The first-order chi connectivity index (χ1) is 13.6. The monoisotopic (exact) mass is 516 g/mol. The maximum Gasteiger partial charge on any atom is 0.214 e. The van der Waals surface area contributed by atoms with Crippen molar-refractivity contribution in [3.05, 3.63) is 52.7 Å². The SMILES string of the molecule is CCNC(=NCc1cccc(COCCOCC)c1)NCc1nc(C)c(C)o1.I. The van der Waals surface area contributed by atoms with Crippen LogP contribution >= 0.6 is 24.0 Å². The Kier molecular flexibility index (Phi) is 12.6. The number of nitrogens with zero attached hydrogens (tertiary/aromatic N) is 2. The van der Waals surface area contributed by atoms with E-state index in [4.69, 9.17) is 13.9 Å². The molecular weight excluding hydrogens is 483 g/mol. The minimum atomic E-state index is 0. The van der Waals surface area contributed by atoms with E-state index in [0.29, 0.717) is 45.4 Å². The largest absolute Gasteiger partial charge is 0.444 e. The highest BCUT2D eigenvalue weighted by Crippen LogP contribution is 2.09. The van der Waals surface area contributed by atoms with Crippen molar-refractivity contribution in [3.63, 3.8) is 0 Å².